The normalized spacial score (nSPS) is 10.1. The molecule has 2 rings (SSSR count). The Morgan fingerprint density at radius 1 is 1.04 bits per heavy atom. The molecule has 136 valence electrons. The molecule has 0 atom stereocenters. The average Bonchev–Trinajstić information content (AvgIpc) is 2.62. The Hall–Kier alpha value is -2.86. The third kappa shape index (κ3) is 6.57. The van der Waals surface area contributed by atoms with E-state index < -0.39 is 18.5 Å². The summed E-state index contributed by atoms with van der Waals surface area (Å²) >= 11 is 5.86. The van der Waals surface area contributed by atoms with Gasteiger partial charge in [-0.3, -0.25) is 14.4 Å². The Kier molecular flexibility index (Phi) is 7.17. The van der Waals surface area contributed by atoms with Gasteiger partial charge in [-0.15, -0.1) is 0 Å². The molecule has 0 radical (unpaired) electrons. The maximum Gasteiger partial charge on any atom is 0.325 e. The molecule has 0 spiro atoms. The van der Waals surface area contributed by atoms with Crippen molar-refractivity contribution >= 4 is 29.4 Å². The van der Waals surface area contributed by atoms with Crippen LogP contribution in [0.25, 0.3) is 0 Å². The fourth-order valence-electron chi connectivity index (χ4n) is 2.14. The van der Waals surface area contributed by atoms with Crippen LogP contribution in [0.1, 0.15) is 21.5 Å². The minimum absolute atomic E-state index is 0.279. The number of amides is 2. The number of carbonyl (C=O) groups excluding carboxylic acids is 3. The SMILES string of the molecule is Cc1cccc(C(=O)NCC(=O)OCC(=O)NCc2cccc(Cl)c2)c1. The van der Waals surface area contributed by atoms with Gasteiger partial charge in [0.15, 0.2) is 6.61 Å². The standard InChI is InChI=1S/C19H19ClN2O4/c1-13-4-2-6-15(8-13)19(25)22-11-18(24)26-12-17(23)21-10-14-5-3-7-16(20)9-14/h2-9H,10-12H2,1H3,(H,21,23)(H,22,25). The second-order valence-corrected chi connectivity index (χ2v) is 6.06. The van der Waals surface area contributed by atoms with E-state index in [0.29, 0.717) is 10.6 Å². The zero-order valence-corrected chi connectivity index (χ0v) is 15.0. The summed E-state index contributed by atoms with van der Waals surface area (Å²) in [6.45, 7) is 1.42. The zero-order chi connectivity index (χ0) is 18.9. The van der Waals surface area contributed by atoms with Gasteiger partial charge in [-0.25, -0.2) is 0 Å². The van der Waals surface area contributed by atoms with Gasteiger partial charge in [0.2, 0.25) is 0 Å². The minimum Gasteiger partial charge on any atom is -0.454 e. The summed E-state index contributed by atoms with van der Waals surface area (Å²) in [7, 11) is 0. The van der Waals surface area contributed by atoms with Gasteiger partial charge in [0, 0.05) is 17.1 Å². The minimum atomic E-state index is -0.691. The third-order valence-electron chi connectivity index (χ3n) is 3.42. The predicted molar refractivity (Wildman–Crippen MR) is 97.8 cm³/mol. The number of hydrogen-bond donors (Lipinski definition) is 2. The van der Waals surface area contributed by atoms with Crippen molar-refractivity contribution in [2.75, 3.05) is 13.2 Å². The van der Waals surface area contributed by atoms with Gasteiger partial charge < -0.3 is 15.4 Å². The summed E-state index contributed by atoms with van der Waals surface area (Å²) in [6, 6.07) is 14.1. The molecule has 0 aliphatic rings. The Labute approximate surface area is 156 Å². The summed E-state index contributed by atoms with van der Waals surface area (Å²) in [5.74, 6) is -1.51. The molecule has 0 unspecified atom stereocenters. The lowest BCUT2D eigenvalue weighted by atomic mass is 10.1. The first kappa shape index (κ1) is 19.5. The van der Waals surface area contributed by atoms with E-state index >= 15 is 0 Å². The van der Waals surface area contributed by atoms with E-state index in [1.165, 1.54) is 0 Å². The lowest BCUT2D eigenvalue weighted by Gasteiger charge is -2.08. The second kappa shape index (κ2) is 9.58. The Morgan fingerprint density at radius 3 is 2.54 bits per heavy atom. The van der Waals surface area contributed by atoms with Crippen molar-refractivity contribution in [3.8, 4) is 0 Å². The molecule has 0 saturated carbocycles. The number of nitrogens with one attached hydrogen (secondary N) is 2. The van der Waals surface area contributed by atoms with Gasteiger partial charge in [-0.05, 0) is 36.8 Å². The highest BCUT2D eigenvalue weighted by Crippen LogP contribution is 2.10. The van der Waals surface area contributed by atoms with Gasteiger partial charge >= 0.3 is 5.97 Å². The summed E-state index contributed by atoms with van der Waals surface area (Å²) in [6.07, 6.45) is 0. The monoisotopic (exact) mass is 374 g/mol. The van der Waals surface area contributed by atoms with Crippen molar-refractivity contribution in [3.05, 3.63) is 70.2 Å². The maximum atomic E-state index is 11.9. The highest BCUT2D eigenvalue weighted by atomic mass is 35.5. The Bertz CT molecular complexity index is 808. The van der Waals surface area contributed by atoms with Crippen LogP contribution in [-0.2, 0) is 20.9 Å². The Balaban J connectivity index is 1.68. The van der Waals surface area contributed by atoms with E-state index in [0.717, 1.165) is 11.1 Å². The van der Waals surface area contributed by atoms with Crippen molar-refractivity contribution in [2.24, 2.45) is 0 Å². The molecular formula is C19H19ClN2O4. The van der Waals surface area contributed by atoms with Gasteiger partial charge in [0.1, 0.15) is 6.54 Å². The molecule has 26 heavy (non-hydrogen) atoms. The van der Waals surface area contributed by atoms with E-state index in [-0.39, 0.29) is 19.0 Å². The Morgan fingerprint density at radius 2 is 1.81 bits per heavy atom. The topological polar surface area (TPSA) is 84.5 Å². The molecular weight excluding hydrogens is 356 g/mol. The van der Waals surface area contributed by atoms with Crippen molar-refractivity contribution in [2.45, 2.75) is 13.5 Å². The van der Waals surface area contributed by atoms with Crippen LogP contribution in [0.2, 0.25) is 5.02 Å². The van der Waals surface area contributed by atoms with Crippen LogP contribution in [0.5, 0.6) is 0 Å². The number of hydrogen-bond acceptors (Lipinski definition) is 4. The quantitative estimate of drug-likeness (QED) is 0.728. The zero-order valence-electron chi connectivity index (χ0n) is 14.3. The van der Waals surface area contributed by atoms with Crippen LogP contribution < -0.4 is 10.6 Å². The molecule has 0 bridgehead atoms. The van der Waals surface area contributed by atoms with E-state index in [1.807, 2.05) is 19.1 Å². The van der Waals surface area contributed by atoms with Crippen LogP contribution in [0.4, 0.5) is 0 Å². The number of esters is 1. The number of rotatable bonds is 7. The fraction of sp³-hybridized carbons (Fsp3) is 0.211. The number of benzene rings is 2. The van der Waals surface area contributed by atoms with Crippen LogP contribution in [0, 0.1) is 6.92 Å². The number of aryl methyl sites for hydroxylation is 1. The second-order valence-electron chi connectivity index (χ2n) is 5.62. The van der Waals surface area contributed by atoms with E-state index in [9.17, 15) is 14.4 Å². The maximum absolute atomic E-state index is 11.9. The van der Waals surface area contributed by atoms with Crippen molar-refractivity contribution in [1.82, 2.24) is 10.6 Å². The van der Waals surface area contributed by atoms with E-state index in [1.54, 1.807) is 36.4 Å². The van der Waals surface area contributed by atoms with Crippen LogP contribution in [0.15, 0.2) is 48.5 Å². The number of halogens is 1. The van der Waals surface area contributed by atoms with Crippen molar-refractivity contribution in [1.29, 1.82) is 0 Å². The highest BCUT2D eigenvalue weighted by molar-refractivity contribution is 6.30. The first-order valence-corrected chi connectivity index (χ1v) is 8.33. The predicted octanol–water partition coefficient (Wildman–Crippen LogP) is 2.24. The molecule has 0 fully saturated rings. The molecule has 0 saturated heterocycles. The summed E-state index contributed by atoms with van der Waals surface area (Å²) < 4.78 is 4.83. The van der Waals surface area contributed by atoms with Gasteiger partial charge in [-0.2, -0.15) is 0 Å². The molecule has 2 aromatic rings. The van der Waals surface area contributed by atoms with Crippen LogP contribution in [0.3, 0.4) is 0 Å². The molecule has 0 aliphatic carbocycles. The molecule has 6 nitrogen and oxygen atoms in total. The molecule has 0 aliphatic heterocycles. The molecule has 2 aromatic carbocycles. The largest absolute Gasteiger partial charge is 0.454 e. The lowest BCUT2D eigenvalue weighted by molar-refractivity contribution is -0.147. The molecule has 0 aromatic heterocycles. The number of ether oxygens (including phenoxy) is 1. The summed E-state index contributed by atoms with van der Waals surface area (Å²) in [4.78, 5) is 35.2. The van der Waals surface area contributed by atoms with Crippen molar-refractivity contribution in [3.63, 3.8) is 0 Å². The van der Waals surface area contributed by atoms with E-state index in [2.05, 4.69) is 10.6 Å². The molecule has 0 heterocycles. The van der Waals surface area contributed by atoms with Crippen LogP contribution in [-0.4, -0.2) is 30.9 Å². The lowest BCUT2D eigenvalue weighted by Crippen LogP contribution is -2.33. The smallest absolute Gasteiger partial charge is 0.325 e. The van der Waals surface area contributed by atoms with Gasteiger partial charge in [0.25, 0.3) is 11.8 Å². The van der Waals surface area contributed by atoms with Gasteiger partial charge in [-0.1, -0.05) is 41.4 Å². The third-order valence-corrected chi connectivity index (χ3v) is 3.65. The summed E-state index contributed by atoms with van der Waals surface area (Å²) in [5.41, 5.74) is 2.23. The molecule has 2 N–H and O–H groups in total. The molecule has 2 amide bonds. The fourth-order valence-corrected chi connectivity index (χ4v) is 2.35. The van der Waals surface area contributed by atoms with Gasteiger partial charge in [0.05, 0.1) is 0 Å². The first-order chi connectivity index (χ1) is 12.4. The average molecular weight is 375 g/mol. The van der Waals surface area contributed by atoms with Crippen LogP contribution >= 0.6 is 11.6 Å². The van der Waals surface area contributed by atoms with Crippen molar-refractivity contribution < 1.29 is 19.1 Å². The highest BCUT2D eigenvalue weighted by Gasteiger charge is 2.11. The summed E-state index contributed by atoms with van der Waals surface area (Å²) in [5, 5.41) is 5.65. The first-order valence-electron chi connectivity index (χ1n) is 7.95. The molecule has 7 heteroatoms. The van der Waals surface area contributed by atoms with E-state index in [4.69, 9.17) is 16.3 Å². The number of carbonyl (C=O) groups is 3.